The lowest BCUT2D eigenvalue weighted by atomic mass is 9.90. The van der Waals surface area contributed by atoms with Gasteiger partial charge >= 0.3 is 5.97 Å². The molecule has 2 unspecified atom stereocenters. The maximum atomic E-state index is 12.2. The van der Waals surface area contributed by atoms with Crippen molar-refractivity contribution in [2.45, 2.75) is 65.9 Å². The summed E-state index contributed by atoms with van der Waals surface area (Å²) in [5, 5.41) is 22.2. The first-order valence-corrected chi connectivity index (χ1v) is 12.4. The SMILES string of the molecule is CCC(CCc1ccc(OCC(O)C(C)(C)C)c(C)c1)c1cc2cc(C(=O)NCC(=O)O)ccc2o1. The highest BCUT2D eigenvalue weighted by atomic mass is 16.5. The van der Waals surface area contributed by atoms with E-state index in [1.807, 2.05) is 39.8 Å². The Morgan fingerprint density at radius 1 is 1.11 bits per heavy atom. The number of fused-ring (bicyclic) bond motifs is 1. The number of carbonyl (C=O) groups excluding carboxylic acids is 1. The number of hydrogen-bond donors (Lipinski definition) is 3. The molecule has 0 aliphatic carbocycles. The number of nitrogens with one attached hydrogen (secondary N) is 1. The molecule has 1 amide bonds. The maximum absolute atomic E-state index is 12.2. The Morgan fingerprint density at radius 3 is 2.50 bits per heavy atom. The van der Waals surface area contributed by atoms with Crippen LogP contribution >= 0.6 is 0 Å². The summed E-state index contributed by atoms with van der Waals surface area (Å²) in [4.78, 5) is 22.9. The summed E-state index contributed by atoms with van der Waals surface area (Å²) < 4.78 is 12.0. The van der Waals surface area contributed by atoms with E-state index >= 15 is 0 Å². The number of benzene rings is 2. The second kappa shape index (κ2) is 11.6. The molecule has 3 N–H and O–H groups in total. The average Bonchev–Trinajstić information content (AvgIpc) is 3.24. The minimum Gasteiger partial charge on any atom is -0.491 e. The molecule has 0 bridgehead atoms. The van der Waals surface area contributed by atoms with E-state index in [-0.39, 0.29) is 17.9 Å². The van der Waals surface area contributed by atoms with E-state index in [2.05, 4.69) is 24.4 Å². The van der Waals surface area contributed by atoms with E-state index in [1.165, 1.54) is 5.56 Å². The quantitative estimate of drug-likeness (QED) is 0.326. The number of hydrogen-bond acceptors (Lipinski definition) is 5. The summed E-state index contributed by atoms with van der Waals surface area (Å²) in [5.41, 5.74) is 3.13. The standard InChI is InChI=1S/C29H37NO6/c1-6-20(9-7-19-8-11-23(18(2)13-19)35-17-26(31)29(3,4)5)25-15-22-14-21(10-12-24(22)36-25)28(34)30-16-27(32)33/h8,10-15,20,26,31H,6-7,9,16-17H2,1-5H3,(H,30,34)(H,32,33). The number of aliphatic hydroxyl groups is 1. The third-order valence-electron chi connectivity index (χ3n) is 6.51. The fraction of sp³-hybridized carbons (Fsp3) is 0.448. The molecule has 1 aromatic heterocycles. The minimum atomic E-state index is -1.09. The molecule has 0 aliphatic rings. The van der Waals surface area contributed by atoms with E-state index in [9.17, 15) is 14.7 Å². The van der Waals surface area contributed by atoms with Gasteiger partial charge in [-0.25, -0.2) is 0 Å². The van der Waals surface area contributed by atoms with Crippen LogP contribution in [0.2, 0.25) is 0 Å². The Kier molecular flexibility index (Phi) is 8.79. The van der Waals surface area contributed by atoms with Gasteiger partial charge in [-0.05, 0) is 73.1 Å². The van der Waals surface area contributed by atoms with Gasteiger partial charge in [-0.3, -0.25) is 9.59 Å². The normalized spacial score (nSPS) is 13.4. The number of rotatable bonds is 11. The number of aliphatic hydroxyl groups excluding tert-OH is 1. The molecule has 2 atom stereocenters. The van der Waals surface area contributed by atoms with Crippen LogP contribution in [0.25, 0.3) is 11.0 Å². The number of carboxylic acid groups (broad SMARTS) is 1. The number of ether oxygens (including phenoxy) is 1. The third-order valence-corrected chi connectivity index (χ3v) is 6.51. The van der Waals surface area contributed by atoms with E-state index < -0.39 is 24.5 Å². The van der Waals surface area contributed by atoms with Crippen LogP contribution in [0.3, 0.4) is 0 Å². The lowest BCUT2D eigenvalue weighted by Gasteiger charge is -2.26. The van der Waals surface area contributed by atoms with Crippen LogP contribution in [0.1, 0.15) is 73.7 Å². The number of aryl methyl sites for hydroxylation is 2. The third kappa shape index (κ3) is 7.10. The van der Waals surface area contributed by atoms with Crippen LogP contribution in [0.4, 0.5) is 0 Å². The lowest BCUT2D eigenvalue weighted by molar-refractivity contribution is -0.135. The highest BCUT2D eigenvalue weighted by Crippen LogP contribution is 2.32. The molecular formula is C29H37NO6. The summed E-state index contributed by atoms with van der Waals surface area (Å²) in [7, 11) is 0. The van der Waals surface area contributed by atoms with Gasteiger partial charge in [0.15, 0.2) is 0 Å². The summed E-state index contributed by atoms with van der Waals surface area (Å²) in [6.07, 6.45) is 2.16. The zero-order valence-electron chi connectivity index (χ0n) is 21.8. The Balaban J connectivity index is 1.64. The van der Waals surface area contributed by atoms with E-state index in [1.54, 1.807) is 18.2 Å². The van der Waals surface area contributed by atoms with Crippen LogP contribution in [0.15, 0.2) is 46.9 Å². The van der Waals surface area contributed by atoms with Gasteiger partial charge in [-0.1, -0.05) is 39.8 Å². The number of furan rings is 1. The lowest BCUT2D eigenvalue weighted by Crippen LogP contribution is -2.32. The zero-order chi connectivity index (χ0) is 26.5. The van der Waals surface area contributed by atoms with Crippen LogP contribution in [-0.4, -0.2) is 41.3 Å². The van der Waals surface area contributed by atoms with Crippen molar-refractivity contribution >= 4 is 22.8 Å². The summed E-state index contributed by atoms with van der Waals surface area (Å²) in [6.45, 7) is 9.95. The zero-order valence-corrected chi connectivity index (χ0v) is 21.8. The molecule has 7 heteroatoms. The van der Waals surface area contributed by atoms with Crippen molar-refractivity contribution in [1.29, 1.82) is 0 Å². The molecule has 3 rings (SSSR count). The van der Waals surface area contributed by atoms with Gasteiger partial charge in [0.2, 0.25) is 0 Å². The molecule has 194 valence electrons. The first-order chi connectivity index (χ1) is 17.0. The Morgan fingerprint density at radius 2 is 1.86 bits per heavy atom. The summed E-state index contributed by atoms with van der Waals surface area (Å²) in [6, 6.07) is 13.3. The van der Waals surface area contributed by atoms with Gasteiger partial charge in [0.05, 0.1) is 6.10 Å². The molecule has 0 saturated heterocycles. The molecule has 3 aromatic rings. The van der Waals surface area contributed by atoms with Crippen LogP contribution < -0.4 is 10.1 Å². The van der Waals surface area contributed by atoms with Gasteiger partial charge < -0.3 is 24.7 Å². The predicted octanol–water partition coefficient (Wildman–Crippen LogP) is 5.47. The fourth-order valence-electron chi connectivity index (χ4n) is 4.00. The van der Waals surface area contributed by atoms with Crippen molar-refractivity contribution in [2.24, 2.45) is 5.41 Å². The second-order valence-corrected chi connectivity index (χ2v) is 10.4. The van der Waals surface area contributed by atoms with E-state index in [4.69, 9.17) is 14.3 Å². The van der Waals surface area contributed by atoms with Gasteiger partial charge in [0, 0.05) is 16.9 Å². The van der Waals surface area contributed by atoms with Crippen molar-refractivity contribution in [3.05, 3.63) is 64.9 Å². The first-order valence-electron chi connectivity index (χ1n) is 12.4. The minimum absolute atomic E-state index is 0.222. The van der Waals surface area contributed by atoms with Crippen molar-refractivity contribution in [2.75, 3.05) is 13.2 Å². The molecule has 0 radical (unpaired) electrons. The molecule has 0 aliphatic heterocycles. The molecule has 36 heavy (non-hydrogen) atoms. The molecule has 2 aromatic carbocycles. The molecule has 0 saturated carbocycles. The topological polar surface area (TPSA) is 109 Å². The van der Waals surface area contributed by atoms with Gasteiger partial charge in [0.25, 0.3) is 5.91 Å². The number of carbonyl (C=O) groups is 2. The van der Waals surface area contributed by atoms with E-state index in [0.29, 0.717) is 11.1 Å². The molecule has 0 fully saturated rings. The Hall–Kier alpha value is -3.32. The van der Waals surface area contributed by atoms with Crippen molar-refractivity contribution in [3.8, 4) is 5.75 Å². The highest BCUT2D eigenvalue weighted by Gasteiger charge is 2.23. The van der Waals surface area contributed by atoms with Gasteiger partial charge in [-0.15, -0.1) is 0 Å². The van der Waals surface area contributed by atoms with Crippen LogP contribution in [0.5, 0.6) is 5.75 Å². The van der Waals surface area contributed by atoms with Crippen molar-refractivity contribution in [3.63, 3.8) is 0 Å². The molecular weight excluding hydrogens is 458 g/mol. The van der Waals surface area contributed by atoms with E-state index in [0.717, 1.165) is 41.7 Å². The molecule has 7 nitrogen and oxygen atoms in total. The maximum Gasteiger partial charge on any atom is 0.322 e. The predicted molar refractivity (Wildman–Crippen MR) is 140 cm³/mol. The fourth-order valence-corrected chi connectivity index (χ4v) is 4.00. The smallest absolute Gasteiger partial charge is 0.322 e. The summed E-state index contributed by atoms with van der Waals surface area (Å²) >= 11 is 0. The van der Waals surface area contributed by atoms with Gasteiger partial charge in [0.1, 0.15) is 30.2 Å². The Labute approximate surface area is 212 Å². The van der Waals surface area contributed by atoms with Gasteiger partial charge in [-0.2, -0.15) is 0 Å². The number of aliphatic carboxylic acids is 1. The monoisotopic (exact) mass is 495 g/mol. The van der Waals surface area contributed by atoms with Crippen LogP contribution in [0, 0.1) is 12.3 Å². The largest absolute Gasteiger partial charge is 0.491 e. The van der Waals surface area contributed by atoms with Crippen molar-refractivity contribution in [1.82, 2.24) is 5.32 Å². The summed E-state index contributed by atoms with van der Waals surface area (Å²) in [5.74, 6) is 0.375. The first kappa shape index (κ1) is 27.3. The average molecular weight is 496 g/mol. The highest BCUT2D eigenvalue weighted by molar-refractivity contribution is 5.98. The second-order valence-electron chi connectivity index (χ2n) is 10.4. The van der Waals surface area contributed by atoms with Crippen LogP contribution in [-0.2, 0) is 11.2 Å². The van der Waals surface area contributed by atoms with Crippen molar-refractivity contribution < 1.29 is 29.0 Å². The molecule has 1 heterocycles. The number of amides is 1. The molecule has 0 spiro atoms. The Bertz CT molecular complexity index is 1210. The number of carboxylic acids is 1.